The van der Waals surface area contributed by atoms with E-state index in [0.717, 1.165) is 15.9 Å². The number of rotatable bonds is 0. The van der Waals surface area contributed by atoms with Gasteiger partial charge in [-0.05, 0) is 11.6 Å². The monoisotopic (exact) mass is 668 g/mol. The summed E-state index contributed by atoms with van der Waals surface area (Å²) >= 11 is 5.22. The molecule has 0 fully saturated rings. The van der Waals surface area contributed by atoms with E-state index in [1.807, 2.05) is 0 Å². The minimum atomic E-state index is -5.48. The highest BCUT2D eigenvalue weighted by Gasteiger charge is 2.55. The first-order valence-electron chi connectivity index (χ1n) is 5.30. The van der Waals surface area contributed by atoms with Crippen molar-refractivity contribution in [2.24, 2.45) is 4.99 Å². The first-order valence-corrected chi connectivity index (χ1v) is 6.47. The highest BCUT2D eigenvalue weighted by molar-refractivity contribution is 9.10. The average molecular weight is 670 g/mol. The standard InChI is InChI=1S/C2BrF5.C2ClF3.C2F3NO.C2F3N.BF3.BrH/c3-1(4,5)2(6,7)8;3-1(4)2(5)6;3-2(4,5)6-1-7;3-2(4,5)1-6;2-1(3)4;/h;;;;;1H. The second-order valence-electron chi connectivity index (χ2n) is 3.04. The van der Waals surface area contributed by atoms with Crippen molar-refractivity contribution in [2.75, 3.05) is 0 Å². The molecule has 0 aliphatic heterocycles. The largest absolute Gasteiger partial charge is 0.762 e. The summed E-state index contributed by atoms with van der Waals surface area (Å²) in [5, 5.41) is 5.09. The maximum atomic E-state index is 11.0. The van der Waals surface area contributed by atoms with Crippen LogP contribution < -0.4 is 0 Å². The molecule has 0 aliphatic rings. The Balaban J connectivity index is -0.0000000665. The van der Waals surface area contributed by atoms with Gasteiger partial charge in [0, 0.05) is 15.9 Å². The van der Waals surface area contributed by atoms with Gasteiger partial charge >= 0.3 is 37.1 Å². The lowest BCUT2D eigenvalue weighted by atomic mass is 10.5. The van der Waals surface area contributed by atoms with Gasteiger partial charge in [0.2, 0.25) is 6.08 Å². The lowest BCUT2D eigenvalue weighted by Crippen LogP contribution is -2.29. The van der Waals surface area contributed by atoms with Gasteiger partial charge in [-0.1, -0.05) is 0 Å². The van der Waals surface area contributed by atoms with E-state index in [0.29, 0.717) is 6.08 Å². The summed E-state index contributed by atoms with van der Waals surface area (Å²) in [5.74, 6) is 0. The van der Waals surface area contributed by atoms with Crippen molar-refractivity contribution in [2.45, 2.75) is 23.5 Å². The van der Waals surface area contributed by atoms with Crippen molar-refractivity contribution in [3.63, 3.8) is 0 Å². The van der Waals surface area contributed by atoms with Crippen molar-refractivity contribution in [3.05, 3.63) is 11.4 Å². The molecule has 3 nitrogen and oxygen atoms in total. The molecule has 0 saturated carbocycles. The van der Waals surface area contributed by atoms with Crippen molar-refractivity contribution in [1.29, 1.82) is 5.26 Å². The molecule has 0 atom stereocenters. The highest BCUT2D eigenvalue weighted by Crippen LogP contribution is 2.39. The van der Waals surface area contributed by atoms with E-state index in [9.17, 15) is 74.4 Å². The molecule has 0 aromatic rings. The summed E-state index contributed by atoms with van der Waals surface area (Å²) in [7, 11) is -3.67. The SMILES string of the molecule is Br.FB(F)F.FC(F)(F)C(F)(F)Br.FC(F)=C(F)Cl.N#CC(F)(F)F.O=C=NC(F)(F)F. The molecule has 0 aromatic heterocycles. The predicted octanol–water partition coefficient (Wildman–Crippen LogP) is 8.17. The minimum absolute atomic E-state index is 0. The van der Waals surface area contributed by atoms with Crippen molar-refractivity contribution < 1.29 is 79.2 Å². The molecule has 32 heavy (non-hydrogen) atoms. The first-order chi connectivity index (χ1) is 13.2. The second kappa shape index (κ2) is 20.3. The molecule has 0 aromatic carbocycles. The van der Waals surface area contributed by atoms with Crippen LogP contribution in [0.5, 0.6) is 0 Å². The van der Waals surface area contributed by atoms with Gasteiger partial charge in [0.1, 0.15) is 0 Å². The van der Waals surface area contributed by atoms with E-state index in [1.54, 1.807) is 0 Å². The van der Waals surface area contributed by atoms with Crippen LogP contribution in [0.15, 0.2) is 16.4 Å². The molecule has 192 valence electrons. The van der Waals surface area contributed by atoms with Gasteiger partial charge in [-0.2, -0.15) is 53.6 Å². The summed E-state index contributed by atoms with van der Waals surface area (Å²) in [6.07, 6.45) is -17.0. The fourth-order valence-electron chi connectivity index (χ4n) is 0.0518. The number of nitrogens with zero attached hydrogens (tertiary/aromatic N) is 2. The zero-order valence-corrected chi connectivity index (χ0v) is 17.5. The van der Waals surface area contributed by atoms with Crippen LogP contribution in [-0.2, 0) is 4.79 Å². The molecule has 0 heterocycles. The van der Waals surface area contributed by atoms with Gasteiger partial charge in [0.05, 0.1) is 0 Å². The summed E-state index contributed by atoms with van der Waals surface area (Å²) in [5.41, 5.74) is 0. The minimum Gasteiger partial charge on any atom is -0.254 e. The third-order valence-corrected chi connectivity index (χ3v) is 1.36. The average Bonchev–Trinajstić information content (AvgIpc) is 2.44. The van der Waals surface area contributed by atoms with Crippen LogP contribution in [-0.4, -0.2) is 37.1 Å². The quantitative estimate of drug-likeness (QED) is 0.0653. The molecule has 0 rings (SSSR count). The van der Waals surface area contributed by atoms with E-state index in [2.05, 4.69) is 11.6 Å². The van der Waals surface area contributed by atoms with Gasteiger partial charge in [0.25, 0.3) is 5.29 Å². The van der Waals surface area contributed by atoms with Crippen LogP contribution in [0.4, 0.5) is 74.4 Å². The number of isocyanates is 1. The lowest BCUT2D eigenvalue weighted by molar-refractivity contribution is -0.234. The molecule has 0 amide bonds. The van der Waals surface area contributed by atoms with Crippen LogP contribution in [0.2, 0.25) is 0 Å². The van der Waals surface area contributed by atoms with E-state index in [4.69, 9.17) is 10.1 Å². The molecular weight excluding hydrogens is 669 g/mol. The highest BCUT2D eigenvalue weighted by atomic mass is 79.9. The normalized spacial score (nSPS) is 10.1. The molecule has 0 saturated heterocycles. The predicted molar refractivity (Wildman–Crippen MR) is 81.4 cm³/mol. The molecule has 0 unspecified atom stereocenters. The Hall–Kier alpha value is -1.27. The Bertz CT molecular complexity index is 555. The maximum absolute atomic E-state index is 11.0. The topological polar surface area (TPSA) is 53.2 Å². The molecule has 0 N–H and O–H groups in total. The molecule has 24 heteroatoms. The first kappa shape index (κ1) is 44.4. The summed E-state index contributed by atoms with van der Waals surface area (Å²) in [4.78, 5) is 5.51. The van der Waals surface area contributed by atoms with E-state index >= 15 is 0 Å². The molecule has 0 aliphatic carbocycles. The van der Waals surface area contributed by atoms with Crippen molar-refractivity contribution >= 4 is 58.1 Å². The van der Waals surface area contributed by atoms with Gasteiger partial charge in [-0.15, -0.1) is 35.1 Å². The molecule has 0 spiro atoms. The Morgan fingerprint density at radius 3 is 1.06 bits per heavy atom. The molecule has 0 bridgehead atoms. The number of hydrogen-bond donors (Lipinski definition) is 0. The van der Waals surface area contributed by atoms with E-state index in [-0.39, 0.29) is 23.1 Å². The van der Waals surface area contributed by atoms with Crippen LogP contribution in [0.1, 0.15) is 0 Å². The molecule has 0 radical (unpaired) electrons. The Morgan fingerprint density at radius 2 is 1.06 bits per heavy atom. The molecular formula is C8HBBr2ClF17N2O. The number of hydrogen-bond acceptors (Lipinski definition) is 3. The van der Waals surface area contributed by atoms with Crippen molar-refractivity contribution in [1.82, 2.24) is 0 Å². The fourth-order valence-corrected chi connectivity index (χ4v) is 0.0518. The van der Waals surface area contributed by atoms with Gasteiger partial charge < -0.3 is 0 Å². The lowest BCUT2D eigenvalue weighted by Gasteiger charge is -2.10. The Kier molecular flexibility index (Phi) is 28.2. The van der Waals surface area contributed by atoms with Gasteiger partial charge in [-0.3, -0.25) is 12.9 Å². The van der Waals surface area contributed by atoms with Crippen LogP contribution in [0.3, 0.4) is 0 Å². The Labute approximate surface area is 189 Å². The Morgan fingerprint density at radius 1 is 0.875 bits per heavy atom. The fraction of sp³-hybridized carbons (Fsp3) is 0.500. The van der Waals surface area contributed by atoms with Gasteiger partial charge in [0.15, 0.2) is 6.07 Å². The zero-order valence-electron chi connectivity index (χ0n) is 13.5. The second-order valence-corrected chi connectivity index (χ2v) is 4.37. The number of nitriles is 1. The van der Waals surface area contributed by atoms with E-state index < -0.39 is 42.4 Å². The maximum Gasteiger partial charge on any atom is 0.762 e. The summed E-state index contributed by atoms with van der Waals surface area (Å²) < 4.78 is 178. The van der Waals surface area contributed by atoms with Crippen molar-refractivity contribution in [3.8, 4) is 6.07 Å². The number of halogens is 20. The number of aliphatic imine (C=N–C) groups is 1. The third-order valence-electron chi connectivity index (χ3n) is 0.763. The smallest absolute Gasteiger partial charge is 0.254 e. The third kappa shape index (κ3) is 63.0. The van der Waals surface area contributed by atoms with E-state index in [1.165, 1.54) is 4.99 Å². The summed E-state index contributed by atoms with van der Waals surface area (Å²) in [6, 6.07) is 0.104. The van der Waals surface area contributed by atoms with Crippen LogP contribution in [0, 0.1) is 11.3 Å². The summed E-state index contributed by atoms with van der Waals surface area (Å²) in [6.45, 7) is 0. The number of carbonyl (C=O) groups excluding carboxylic acids is 1. The van der Waals surface area contributed by atoms with Gasteiger partial charge in [-0.25, -0.2) is 4.79 Å². The van der Waals surface area contributed by atoms with Crippen LogP contribution >= 0.6 is 44.5 Å². The van der Waals surface area contributed by atoms with Crippen LogP contribution in [0.25, 0.3) is 0 Å². The zero-order chi connectivity index (χ0) is 26.9. The number of alkyl halides is 12.